The summed E-state index contributed by atoms with van der Waals surface area (Å²) in [5.74, 6) is -0.443. The van der Waals surface area contributed by atoms with Crippen molar-refractivity contribution in [2.24, 2.45) is 0 Å². The number of thiophene rings is 1. The molecule has 0 bridgehead atoms. The van der Waals surface area contributed by atoms with E-state index in [0.29, 0.717) is 17.4 Å². The van der Waals surface area contributed by atoms with Crippen LogP contribution in [0.5, 0.6) is 0 Å². The highest BCUT2D eigenvalue weighted by Gasteiger charge is 2.21. The molecule has 5 heteroatoms. The number of esters is 1. The molecule has 1 heterocycles. The number of rotatable bonds is 3. The Hall–Kier alpha value is -0.810. The Morgan fingerprint density at radius 3 is 2.64 bits per heavy atom. The van der Waals surface area contributed by atoms with Crippen LogP contribution in [0.3, 0.4) is 0 Å². The summed E-state index contributed by atoms with van der Waals surface area (Å²) in [6.07, 6.45) is 2.58. The van der Waals surface area contributed by atoms with Crippen molar-refractivity contribution in [1.82, 2.24) is 0 Å². The smallest absolute Gasteiger partial charge is 0.339 e. The number of carbonyl (C=O) groups excluding carboxylic acids is 2. The summed E-state index contributed by atoms with van der Waals surface area (Å²) >= 11 is 2.90. The lowest BCUT2D eigenvalue weighted by Crippen LogP contribution is -2.04. The van der Waals surface area contributed by atoms with Crippen LogP contribution >= 0.6 is 23.1 Å². The first-order valence-corrected chi connectivity index (χ1v) is 5.90. The molecule has 0 saturated heterocycles. The van der Waals surface area contributed by atoms with E-state index in [9.17, 15) is 9.59 Å². The van der Waals surface area contributed by atoms with Crippen LogP contribution in [0.15, 0.2) is 4.21 Å². The Labute approximate surface area is 90.5 Å². The Balaban J connectivity index is 3.33. The lowest BCUT2D eigenvalue weighted by molar-refractivity contribution is 0.0598. The number of aryl methyl sites for hydroxylation is 1. The molecule has 0 N–H and O–H groups in total. The molecule has 0 amide bonds. The largest absolute Gasteiger partial charge is 0.465 e. The first-order chi connectivity index (χ1) is 6.65. The normalized spacial score (nSPS) is 9.93. The summed E-state index contributed by atoms with van der Waals surface area (Å²) < 4.78 is 5.48. The number of hydrogen-bond acceptors (Lipinski definition) is 5. The van der Waals surface area contributed by atoms with Crippen molar-refractivity contribution in [2.75, 3.05) is 13.4 Å². The van der Waals surface area contributed by atoms with Gasteiger partial charge >= 0.3 is 5.97 Å². The maximum atomic E-state index is 11.4. The number of methoxy groups -OCH3 is 1. The van der Waals surface area contributed by atoms with Gasteiger partial charge in [-0.3, -0.25) is 4.79 Å². The third-order valence-electron chi connectivity index (χ3n) is 1.78. The molecule has 1 aromatic heterocycles. The van der Waals surface area contributed by atoms with Gasteiger partial charge in [0.1, 0.15) is 0 Å². The molecule has 14 heavy (non-hydrogen) atoms. The van der Waals surface area contributed by atoms with Gasteiger partial charge in [-0.1, -0.05) is 0 Å². The highest BCUT2D eigenvalue weighted by atomic mass is 32.2. The number of hydrogen-bond donors (Lipinski definition) is 0. The number of ether oxygens (including phenoxy) is 1. The van der Waals surface area contributed by atoms with Gasteiger partial charge in [-0.2, -0.15) is 0 Å². The third-order valence-corrected chi connectivity index (χ3v) is 4.04. The van der Waals surface area contributed by atoms with E-state index in [1.54, 1.807) is 0 Å². The molecule has 3 nitrogen and oxygen atoms in total. The molecule has 1 aromatic rings. The van der Waals surface area contributed by atoms with Crippen molar-refractivity contribution in [1.29, 1.82) is 0 Å². The summed E-state index contributed by atoms with van der Waals surface area (Å²) in [5, 5.41) is 0. The fourth-order valence-corrected chi connectivity index (χ4v) is 3.06. The van der Waals surface area contributed by atoms with Gasteiger partial charge in [0, 0.05) is 4.88 Å². The summed E-state index contributed by atoms with van der Waals surface area (Å²) in [5.41, 5.74) is 0.851. The fourth-order valence-electron chi connectivity index (χ4n) is 1.15. The molecule has 76 valence electrons. The van der Waals surface area contributed by atoms with E-state index in [1.165, 1.54) is 30.2 Å². The minimum atomic E-state index is -0.443. The average Bonchev–Trinajstić information content (AvgIpc) is 2.53. The van der Waals surface area contributed by atoms with Gasteiger partial charge in [0.25, 0.3) is 0 Å². The Kier molecular flexibility index (Phi) is 3.71. The van der Waals surface area contributed by atoms with Gasteiger partial charge in [-0.25, -0.2) is 4.79 Å². The van der Waals surface area contributed by atoms with Crippen molar-refractivity contribution < 1.29 is 14.3 Å². The zero-order chi connectivity index (χ0) is 10.7. The van der Waals surface area contributed by atoms with E-state index in [2.05, 4.69) is 4.74 Å². The lowest BCUT2D eigenvalue weighted by Gasteiger charge is -1.98. The lowest BCUT2D eigenvalue weighted by atomic mass is 10.2. The van der Waals surface area contributed by atoms with Gasteiger partial charge in [-0.05, 0) is 13.2 Å². The standard InChI is InChI=1S/C9H10O3S2/c1-5-7(8(11)12-2)6(4-10)9(13-3)14-5/h4H,1-3H3. The van der Waals surface area contributed by atoms with Gasteiger partial charge in [0.2, 0.25) is 0 Å². The SMILES string of the molecule is COC(=O)c1c(C)sc(SC)c1C=O. The predicted molar refractivity (Wildman–Crippen MR) is 57.6 cm³/mol. The van der Waals surface area contributed by atoms with E-state index in [4.69, 9.17) is 0 Å². The van der Waals surface area contributed by atoms with Crippen molar-refractivity contribution in [3.8, 4) is 0 Å². The fraction of sp³-hybridized carbons (Fsp3) is 0.333. The molecular formula is C9H10O3S2. The zero-order valence-electron chi connectivity index (χ0n) is 8.12. The highest BCUT2D eigenvalue weighted by molar-refractivity contribution is 8.00. The van der Waals surface area contributed by atoms with Crippen LogP contribution in [0.2, 0.25) is 0 Å². The van der Waals surface area contributed by atoms with Crippen LogP contribution in [0.1, 0.15) is 25.6 Å². The molecule has 0 atom stereocenters. The highest BCUT2D eigenvalue weighted by Crippen LogP contribution is 2.33. The van der Waals surface area contributed by atoms with Crippen molar-refractivity contribution in [2.45, 2.75) is 11.1 Å². The van der Waals surface area contributed by atoms with Crippen LogP contribution in [-0.4, -0.2) is 25.6 Å². The minimum Gasteiger partial charge on any atom is -0.465 e. The van der Waals surface area contributed by atoms with Crippen molar-refractivity contribution >= 4 is 35.4 Å². The second-order valence-corrected chi connectivity index (χ2v) is 4.85. The van der Waals surface area contributed by atoms with Crippen LogP contribution in [0, 0.1) is 6.92 Å². The van der Waals surface area contributed by atoms with Crippen LogP contribution in [-0.2, 0) is 4.74 Å². The molecule has 0 spiro atoms. The summed E-state index contributed by atoms with van der Waals surface area (Å²) in [4.78, 5) is 23.0. The van der Waals surface area contributed by atoms with Crippen LogP contribution in [0.25, 0.3) is 0 Å². The number of thioether (sulfide) groups is 1. The minimum absolute atomic E-state index is 0.400. The van der Waals surface area contributed by atoms with Crippen LogP contribution in [0.4, 0.5) is 0 Å². The Morgan fingerprint density at radius 2 is 2.21 bits per heavy atom. The van der Waals surface area contributed by atoms with Gasteiger partial charge < -0.3 is 4.74 Å². The summed E-state index contributed by atoms with van der Waals surface area (Å²) in [7, 11) is 1.31. The van der Waals surface area contributed by atoms with Crippen molar-refractivity contribution in [3.05, 3.63) is 16.0 Å². The van der Waals surface area contributed by atoms with E-state index in [-0.39, 0.29) is 0 Å². The van der Waals surface area contributed by atoms with E-state index in [1.807, 2.05) is 13.2 Å². The number of carbonyl (C=O) groups is 2. The molecule has 0 saturated carbocycles. The molecule has 0 aliphatic heterocycles. The van der Waals surface area contributed by atoms with Crippen LogP contribution < -0.4 is 0 Å². The topological polar surface area (TPSA) is 43.4 Å². The molecule has 0 aliphatic rings. The monoisotopic (exact) mass is 230 g/mol. The van der Waals surface area contributed by atoms with Gasteiger partial charge in [-0.15, -0.1) is 23.1 Å². The maximum Gasteiger partial charge on any atom is 0.339 e. The zero-order valence-corrected chi connectivity index (χ0v) is 9.75. The quantitative estimate of drug-likeness (QED) is 0.454. The molecule has 0 aromatic carbocycles. The molecule has 0 aliphatic carbocycles. The second-order valence-electron chi connectivity index (χ2n) is 2.55. The molecule has 0 unspecified atom stereocenters. The Bertz CT molecular complexity index is 368. The molecule has 0 fully saturated rings. The summed E-state index contributed by atoms with van der Waals surface area (Å²) in [6, 6.07) is 0. The van der Waals surface area contributed by atoms with Gasteiger partial charge in [0.15, 0.2) is 6.29 Å². The maximum absolute atomic E-state index is 11.4. The Morgan fingerprint density at radius 1 is 1.57 bits per heavy atom. The van der Waals surface area contributed by atoms with Crippen molar-refractivity contribution in [3.63, 3.8) is 0 Å². The first kappa shape index (κ1) is 11.3. The molecular weight excluding hydrogens is 220 g/mol. The predicted octanol–water partition coefficient (Wildman–Crippen LogP) is 2.38. The summed E-state index contributed by atoms with van der Waals surface area (Å²) in [6.45, 7) is 1.81. The second kappa shape index (κ2) is 4.61. The van der Waals surface area contributed by atoms with E-state index < -0.39 is 5.97 Å². The molecule has 0 radical (unpaired) electrons. The average molecular weight is 230 g/mol. The number of aldehydes is 1. The van der Waals surface area contributed by atoms with Gasteiger partial charge in [0.05, 0.1) is 22.4 Å². The van der Waals surface area contributed by atoms with E-state index >= 15 is 0 Å². The first-order valence-electron chi connectivity index (χ1n) is 3.86. The third kappa shape index (κ3) is 1.83. The van der Waals surface area contributed by atoms with E-state index in [0.717, 1.165) is 9.09 Å². The molecule has 1 rings (SSSR count).